The second-order valence-electron chi connectivity index (χ2n) is 13.5. The summed E-state index contributed by atoms with van der Waals surface area (Å²) in [6.45, 7) is 8.48. The minimum atomic E-state index is -3.95. The van der Waals surface area contributed by atoms with E-state index in [4.69, 9.17) is 14.2 Å². The molecule has 0 bridgehead atoms. The first kappa shape index (κ1) is 37.0. The molecule has 1 amide bonds. The van der Waals surface area contributed by atoms with Crippen LogP contribution in [0.5, 0.6) is 11.5 Å². The Hall–Kier alpha value is -2.86. The van der Waals surface area contributed by atoms with E-state index in [1.54, 1.807) is 29.2 Å². The summed E-state index contributed by atoms with van der Waals surface area (Å²) in [6, 6.07) is 10.4. The standard InChI is InChI=1S/C36H55N3O7S/c1-26-22-39(27(2)25-40)36(41)33-21-30(37-47(42,43)32-17-15-31(44-5)16-18-32)14-19-34(33)46-28(3)11-9-10-20-45-35(26)24-38(4)23-29-12-7-6-8-13-29/h14-19,21,26-29,35,37,40H,6-13,20,22-25H2,1-5H3/t26-,27+,28-,35-/m1/s1. The molecule has 2 aromatic carbocycles. The topological polar surface area (TPSA) is 118 Å². The number of aliphatic hydroxyl groups is 1. The van der Waals surface area contributed by atoms with Crippen molar-refractivity contribution >= 4 is 21.6 Å². The Kier molecular flexibility index (Phi) is 13.8. The van der Waals surface area contributed by atoms with E-state index in [1.165, 1.54) is 57.4 Å². The van der Waals surface area contributed by atoms with Crippen LogP contribution in [0.1, 0.15) is 82.5 Å². The third-order valence-corrected chi connectivity index (χ3v) is 10.9. The fourth-order valence-electron chi connectivity index (χ4n) is 6.61. The van der Waals surface area contributed by atoms with Gasteiger partial charge in [0.1, 0.15) is 11.5 Å². The van der Waals surface area contributed by atoms with Gasteiger partial charge in [-0.3, -0.25) is 9.52 Å². The summed E-state index contributed by atoms with van der Waals surface area (Å²) in [4.78, 5) is 18.5. The lowest BCUT2D eigenvalue weighted by Crippen LogP contribution is -2.47. The molecule has 2 aliphatic rings. The van der Waals surface area contributed by atoms with Gasteiger partial charge in [-0.25, -0.2) is 8.42 Å². The van der Waals surface area contributed by atoms with Gasteiger partial charge in [-0.05, 0) is 101 Å². The van der Waals surface area contributed by atoms with Gasteiger partial charge in [-0.1, -0.05) is 26.2 Å². The monoisotopic (exact) mass is 673 g/mol. The lowest BCUT2D eigenvalue weighted by Gasteiger charge is -2.36. The van der Waals surface area contributed by atoms with Crippen LogP contribution in [0.3, 0.4) is 0 Å². The van der Waals surface area contributed by atoms with Crippen molar-refractivity contribution in [3.05, 3.63) is 48.0 Å². The number of hydrogen-bond acceptors (Lipinski definition) is 8. The number of amides is 1. The average molecular weight is 674 g/mol. The van der Waals surface area contributed by atoms with Gasteiger partial charge in [-0.15, -0.1) is 0 Å². The Morgan fingerprint density at radius 3 is 2.40 bits per heavy atom. The largest absolute Gasteiger partial charge is 0.497 e. The quantitative estimate of drug-likeness (QED) is 0.325. The molecule has 1 aliphatic carbocycles. The van der Waals surface area contributed by atoms with Crippen LogP contribution in [-0.2, 0) is 14.8 Å². The molecule has 1 fully saturated rings. The number of aliphatic hydroxyl groups excluding tert-OH is 1. The smallest absolute Gasteiger partial charge is 0.261 e. The first-order chi connectivity index (χ1) is 22.5. The van der Waals surface area contributed by atoms with Crippen LogP contribution in [0.15, 0.2) is 47.4 Å². The first-order valence-corrected chi connectivity index (χ1v) is 18.7. The van der Waals surface area contributed by atoms with Crippen LogP contribution in [0.25, 0.3) is 0 Å². The Morgan fingerprint density at radius 1 is 1.02 bits per heavy atom. The van der Waals surface area contributed by atoms with E-state index in [2.05, 4.69) is 23.6 Å². The van der Waals surface area contributed by atoms with Crippen LogP contribution in [0.4, 0.5) is 5.69 Å². The molecule has 10 nitrogen and oxygen atoms in total. The van der Waals surface area contributed by atoms with Gasteiger partial charge in [-0.2, -0.15) is 0 Å². The van der Waals surface area contributed by atoms with Crippen molar-refractivity contribution in [2.45, 2.75) is 95.3 Å². The zero-order valence-corrected chi connectivity index (χ0v) is 29.6. The summed E-state index contributed by atoms with van der Waals surface area (Å²) in [6.07, 6.45) is 8.82. The third kappa shape index (κ3) is 10.6. The van der Waals surface area contributed by atoms with E-state index in [-0.39, 0.29) is 46.8 Å². The number of benzene rings is 2. The highest BCUT2D eigenvalue weighted by molar-refractivity contribution is 7.92. The van der Waals surface area contributed by atoms with Gasteiger partial charge in [0.2, 0.25) is 0 Å². The molecular weight excluding hydrogens is 618 g/mol. The van der Waals surface area contributed by atoms with Crippen molar-refractivity contribution in [1.82, 2.24) is 9.80 Å². The van der Waals surface area contributed by atoms with Gasteiger partial charge in [0.15, 0.2) is 0 Å². The summed E-state index contributed by atoms with van der Waals surface area (Å²) in [5.41, 5.74) is 0.476. The Balaban J connectivity index is 1.61. The lowest BCUT2D eigenvalue weighted by molar-refractivity contribution is -0.0190. The average Bonchev–Trinajstić information content (AvgIpc) is 3.06. The fourth-order valence-corrected chi connectivity index (χ4v) is 7.66. The number of nitrogens with one attached hydrogen (secondary N) is 1. The summed E-state index contributed by atoms with van der Waals surface area (Å²) >= 11 is 0. The zero-order valence-electron chi connectivity index (χ0n) is 28.8. The third-order valence-electron chi connectivity index (χ3n) is 9.46. The molecule has 2 N–H and O–H groups in total. The molecule has 11 heteroatoms. The molecule has 0 saturated heterocycles. The minimum absolute atomic E-state index is 0.0234. The Morgan fingerprint density at radius 2 is 1.72 bits per heavy atom. The second-order valence-corrected chi connectivity index (χ2v) is 15.2. The SMILES string of the molecule is COc1ccc(S(=O)(=O)Nc2ccc3c(c2)C(=O)N([C@@H](C)CO)C[C@@H](C)[C@@H](CN(C)CC2CCCCC2)OCCCC[C@@H](C)O3)cc1. The zero-order chi connectivity index (χ0) is 34.0. The van der Waals surface area contributed by atoms with E-state index in [0.29, 0.717) is 30.6 Å². The molecule has 262 valence electrons. The number of sulfonamides is 1. The molecule has 4 atom stereocenters. The number of fused-ring (bicyclic) bond motifs is 1. The summed E-state index contributed by atoms with van der Waals surface area (Å²) in [5.74, 6) is 1.28. The van der Waals surface area contributed by atoms with E-state index >= 15 is 0 Å². The highest BCUT2D eigenvalue weighted by atomic mass is 32.2. The van der Waals surface area contributed by atoms with Gasteiger partial charge in [0, 0.05) is 37.8 Å². The van der Waals surface area contributed by atoms with Gasteiger partial charge < -0.3 is 29.1 Å². The van der Waals surface area contributed by atoms with Crippen molar-refractivity contribution in [3.63, 3.8) is 0 Å². The van der Waals surface area contributed by atoms with Crippen LogP contribution in [0.2, 0.25) is 0 Å². The van der Waals surface area contributed by atoms with E-state index in [9.17, 15) is 18.3 Å². The van der Waals surface area contributed by atoms with Crippen molar-refractivity contribution in [2.24, 2.45) is 11.8 Å². The summed E-state index contributed by atoms with van der Waals surface area (Å²) in [5, 5.41) is 10.3. The van der Waals surface area contributed by atoms with E-state index in [0.717, 1.165) is 32.4 Å². The van der Waals surface area contributed by atoms with Crippen LogP contribution >= 0.6 is 0 Å². The van der Waals surface area contributed by atoms with Crippen molar-refractivity contribution in [2.75, 3.05) is 51.7 Å². The number of ether oxygens (including phenoxy) is 3. The predicted molar refractivity (Wildman–Crippen MR) is 185 cm³/mol. The number of hydrogen-bond donors (Lipinski definition) is 2. The number of carbonyl (C=O) groups excluding carboxylic acids is 1. The molecule has 0 aromatic heterocycles. The number of carbonyl (C=O) groups is 1. The van der Waals surface area contributed by atoms with Crippen molar-refractivity contribution in [3.8, 4) is 11.5 Å². The first-order valence-electron chi connectivity index (χ1n) is 17.2. The molecule has 4 rings (SSSR count). The molecule has 2 aromatic rings. The van der Waals surface area contributed by atoms with Crippen LogP contribution in [0, 0.1) is 11.8 Å². The Labute approximate surface area is 281 Å². The second kappa shape index (κ2) is 17.5. The molecule has 0 spiro atoms. The highest BCUT2D eigenvalue weighted by Gasteiger charge is 2.31. The fraction of sp³-hybridized carbons (Fsp3) is 0.639. The predicted octanol–water partition coefficient (Wildman–Crippen LogP) is 5.80. The maximum atomic E-state index is 14.4. The molecule has 1 saturated carbocycles. The summed E-state index contributed by atoms with van der Waals surface area (Å²) in [7, 11) is -0.266. The maximum Gasteiger partial charge on any atom is 0.261 e. The summed E-state index contributed by atoms with van der Waals surface area (Å²) < 4.78 is 47.1. The number of nitrogens with zero attached hydrogens (tertiary/aromatic N) is 2. The minimum Gasteiger partial charge on any atom is -0.497 e. The van der Waals surface area contributed by atoms with E-state index in [1.807, 2.05) is 13.8 Å². The molecule has 1 aliphatic heterocycles. The molecule has 0 unspecified atom stereocenters. The number of anilines is 1. The lowest BCUT2D eigenvalue weighted by atomic mass is 9.89. The van der Waals surface area contributed by atoms with Crippen molar-refractivity contribution < 1.29 is 32.5 Å². The van der Waals surface area contributed by atoms with Crippen LogP contribution < -0.4 is 14.2 Å². The number of methoxy groups -OCH3 is 1. The van der Waals surface area contributed by atoms with Crippen LogP contribution in [-0.4, -0.2) is 94.5 Å². The van der Waals surface area contributed by atoms with Gasteiger partial charge in [0.25, 0.3) is 15.9 Å². The normalized spacial score (nSPS) is 23.0. The molecular formula is C36H55N3O7S. The molecule has 0 radical (unpaired) electrons. The van der Waals surface area contributed by atoms with Gasteiger partial charge >= 0.3 is 0 Å². The number of rotatable bonds is 10. The van der Waals surface area contributed by atoms with E-state index < -0.39 is 16.1 Å². The van der Waals surface area contributed by atoms with Crippen molar-refractivity contribution in [1.29, 1.82) is 0 Å². The highest BCUT2D eigenvalue weighted by Crippen LogP contribution is 2.30. The maximum absolute atomic E-state index is 14.4. The molecule has 47 heavy (non-hydrogen) atoms. The molecule has 1 heterocycles. The van der Waals surface area contributed by atoms with Gasteiger partial charge in [0.05, 0.1) is 42.4 Å². The Bertz CT molecular complexity index is 1380. The number of likely N-dealkylation sites (N-methyl/N-ethyl adjacent to an activating group) is 1.